The van der Waals surface area contributed by atoms with Crippen LogP contribution in [0.5, 0.6) is 0 Å². The molecule has 6 heteroatoms. The van der Waals surface area contributed by atoms with Gasteiger partial charge in [0.1, 0.15) is 0 Å². The molecule has 0 heterocycles. The molecule has 0 fully saturated rings. The first-order valence-corrected chi connectivity index (χ1v) is 3.78. The average molecular weight is 222 g/mol. The van der Waals surface area contributed by atoms with Crippen LogP contribution in [0.15, 0.2) is 5.11 Å². The van der Waals surface area contributed by atoms with Gasteiger partial charge in [-0.05, 0) is 18.4 Å². The Balaban J connectivity index is 3.14. The highest BCUT2D eigenvalue weighted by atomic mass is 79.9. The van der Waals surface area contributed by atoms with Gasteiger partial charge in [-0.1, -0.05) is 5.11 Å². The van der Waals surface area contributed by atoms with Gasteiger partial charge in [-0.2, -0.15) is 0 Å². The third kappa shape index (κ3) is 7.15. The van der Waals surface area contributed by atoms with E-state index in [4.69, 9.17) is 5.53 Å². The lowest BCUT2D eigenvalue weighted by molar-refractivity contribution is -0.132. The molecule has 0 aliphatic rings. The summed E-state index contributed by atoms with van der Waals surface area (Å²) in [5.41, 5.74) is 7.88. The van der Waals surface area contributed by atoms with Crippen LogP contribution in [0.1, 0.15) is 19.3 Å². The van der Waals surface area contributed by atoms with Gasteiger partial charge in [-0.25, -0.2) is 0 Å². The Morgan fingerprint density at radius 3 is 2.91 bits per heavy atom. The molecule has 0 aliphatic carbocycles. The minimum Gasteiger partial charge on any atom is -0.384 e. The first-order valence-electron chi connectivity index (χ1n) is 3.13. The van der Waals surface area contributed by atoms with Gasteiger partial charge in [0.05, 0.1) is 0 Å². The van der Waals surface area contributed by atoms with Crippen molar-refractivity contribution in [2.24, 2.45) is 5.11 Å². The van der Waals surface area contributed by atoms with E-state index in [-0.39, 0.29) is 5.97 Å². The number of nitrogens with zero attached hydrogens (tertiary/aromatic N) is 3. The SMILES string of the molecule is [N-]=[N+]=NCCCCC(=O)OBr. The summed E-state index contributed by atoms with van der Waals surface area (Å²) in [7, 11) is 0. The third-order valence-corrected chi connectivity index (χ3v) is 1.40. The molecule has 0 rings (SSSR count). The maximum atomic E-state index is 10.5. The predicted octanol–water partition coefficient (Wildman–Crippen LogP) is 2.32. The maximum Gasteiger partial charge on any atom is 0.317 e. The zero-order chi connectivity index (χ0) is 8.53. The molecule has 5 nitrogen and oxygen atoms in total. The van der Waals surface area contributed by atoms with E-state index in [2.05, 4.69) is 30.1 Å². The van der Waals surface area contributed by atoms with Crippen LogP contribution in [0.4, 0.5) is 0 Å². The summed E-state index contributed by atoms with van der Waals surface area (Å²) < 4.78 is 4.23. The molecule has 0 aliphatic heterocycles. The van der Waals surface area contributed by atoms with Gasteiger partial charge < -0.3 is 3.83 Å². The van der Waals surface area contributed by atoms with Crippen LogP contribution in [-0.2, 0) is 8.62 Å². The zero-order valence-electron chi connectivity index (χ0n) is 5.86. The summed E-state index contributed by atoms with van der Waals surface area (Å²) in [5.74, 6) is -0.300. The number of hydrogen-bond donors (Lipinski definition) is 0. The quantitative estimate of drug-likeness (QED) is 0.309. The Kier molecular flexibility index (Phi) is 6.87. The second-order valence-corrected chi connectivity index (χ2v) is 2.18. The van der Waals surface area contributed by atoms with Crippen LogP contribution < -0.4 is 0 Å². The molecule has 0 atom stereocenters. The lowest BCUT2D eigenvalue weighted by atomic mass is 10.2. The van der Waals surface area contributed by atoms with Crippen molar-refractivity contribution >= 4 is 22.2 Å². The van der Waals surface area contributed by atoms with E-state index in [1.165, 1.54) is 0 Å². The molecule has 62 valence electrons. The molecule has 0 aromatic carbocycles. The van der Waals surface area contributed by atoms with Gasteiger partial charge in [0.2, 0.25) is 0 Å². The lowest BCUT2D eigenvalue weighted by Gasteiger charge is -1.93. The Labute approximate surface area is 72.8 Å². The predicted molar refractivity (Wildman–Crippen MR) is 42.9 cm³/mol. The highest BCUT2D eigenvalue weighted by molar-refractivity contribution is 9.06. The molecule has 0 N–H and O–H groups in total. The fourth-order valence-electron chi connectivity index (χ4n) is 0.535. The van der Waals surface area contributed by atoms with Crippen molar-refractivity contribution in [2.45, 2.75) is 19.3 Å². The van der Waals surface area contributed by atoms with Crippen molar-refractivity contribution in [1.82, 2.24) is 0 Å². The Hall–Kier alpha value is -0.740. The maximum absolute atomic E-state index is 10.5. The minimum absolute atomic E-state index is 0.300. The molecule has 0 saturated carbocycles. The summed E-state index contributed by atoms with van der Waals surface area (Å²) in [6.45, 7) is 0.437. The van der Waals surface area contributed by atoms with Gasteiger partial charge in [0.15, 0.2) is 16.3 Å². The van der Waals surface area contributed by atoms with Crippen molar-refractivity contribution in [1.29, 1.82) is 0 Å². The third-order valence-electron chi connectivity index (χ3n) is 1.04. The van der Waals surface area contributed by atoms with E-state index in [0.717, 1.165) is 0 Å². The van der Waals surface area contributed by atoms with Gasteiger partial charge in [-0.15, -0.1) is 0 Å². The number of carbonyl (C=O) groups is 1. The zero-order valence-corrected chi connectivity index (χ0v) is 7.45. The molecule has 0 aromatic heterocycles. The molecule has 0 unspecified atom stereocenters. The molecule has 11 heavy (non-hydrogen) atoms. The van der Waals surface area contributed by atoms with Crippen LogP contribution in [0.25, 0.3) is 10.4 Å². The summed E-state index contributed by atoms with van der Waals surface area (Å²) in [6, 6.07) is 0. The fraction of sp³-hybridized carbons (Fsp3) is 0.800. The fourth-order valence-corrected chi connectivity index (χ4v) is 0.697. The number of unbranched alkanes of at least 4 members (excludes halogenated alkanes) is 1. The topological polar surface area (TPSA) is 75.1 Å². The van der Waals surface area contributed by atoms with Gasteiger partial charge in [0, 0.05) is 17.9 Å². The van der Waals surface area contributed by atoms with Gasteiger partial charge in [0.25, 0.3) is 0 Å². The monoisotopic (exact) mass is 221 g/mol. The highest BCUT2D eigenvalue weighted by Crippen LogP contribution is 1.99. The van der Waals surface area contributed by atoms with Crippen LogP contribution in [0.2, 0.25) is 0 Å². The first kappa shape index (κ1) is 10.3. The molecule has 0 radical (unpaired) electrons. The van der Waals surface area contributed by atoms with Gasteiger partial charge in [-0.3, -0.25) is 4.79 Å². The number of halogens is 1. The van der Waals surface area contributed by atoms with E-state index in [1.54, 1.807) is 0 Å². The van der Waals surface area contributed by atoms with E-state index < -0.39 is 0 Å². The lowest BCUT2D eigenvalue weighted by Crippen LogP contribution is -1.95. The van der Waals surface area contributed by atoms with Crippen LogP contribution in [0.3, 0.4) is 0 Å². The average Bonchev–Trinajstić information content (AvgIpc) is 2.04. The molecule has 0 amide bonds. The van der Waals surface area contributed by atoms with Gasteiger partial charge >= 0.3 is 5.97 Å². The molecular formula is C5H8BrN3O2. The van der Waals surface area contributed by atoms with Crippen molar-refractivity contribution in [3.05, 3.63) is 10.4 Å². The summed E-state index contributed by atoms with van der Waals surface area (Å²) in [5, 5.41) is 3.31. The van der Waals surface area contributed by atoms with Crippen molar-refractivity contribution in [2.75, 3.05) is 6.54 Å². The van der Waals surface area contributed by atoms with E-state index in [1.807, 2.05) is 0 Å². The summed E-state index contributed by atoms with van der Waals surface area (Å²) in [6.07, 6.45) is 1.75. The summed E-state index contributed by atoms with van der Waals surface area (Å²) >= 11 is 2.57. The number of carbonyl (C=O) groups excluding carboxylic acids is 1. The smallest absolute Gasteiger partial charge is 0.317 e. The number of hydrogen-bond acceptors (Lipinski definition) is 3. The largest absolute Gasteiger partial charge is 0.384 e. The van der Waals surface area contributed by atoms with E-state index in [9.17, 15) is 4.79 Å². The molecule has 0 bridgehead atoms. The van der Waals surface area contributed by atoms with E-state index in [0.29, 0.717) is 25.8 Å². The highest BCUT2D eigenvalue weighted by Gasteiger charge is 1.98. The Morgan fingerprint density at radius 1 is 1.64 bits per heavy atom. The number of azide groups is 1. The van der Waals surface area contributed by atoms with E-state index >= 15 is 0 Å². The molecule has 0 aromatic rings. The first-order chi connectivity index (χ1) is 5.31. The minimum atomic E-state index is -0.300. The molecular weight excluding hydrogens is 214 g/mol. The van der Waals surface area contributed by atoms with Crippen molar-refractivity contribution in [3.8, 4) is 0 Å². The normalized spacial score (nSPS) is 8.45. The number of rotatable bonds is 5. The summed E-state index contributed by atoms with van der Waals surface area (Å²) in [4.78, 5) is 13.0. The molecule has 0 saturated heterocycles. The standard InChI is InChI=1S/C5H8BrN3O2/c6-11-5(10)3-1-2-4-8-9-7/h1-4H2. The Bertz CT molecular complexity index is 167. The second kappa shape index (κ2) is 7.37. The Morgan fingerprint density at radius 2 is 2.36 bits per heavy atom. The second-order valence-electron chi connectivity index (χ2n) is 1.86. The van der Waals surface area contributed by atoms with Crippen LogP contribution in [0, 0.1) is 0 Å². The van der Waals surface area contributed by atoms with Crippen LogP contribution in [-0.4, -0.2) is 12.5 Å². The van der Waals surface area contributed by atoms with Crippen molar-refractivity contribution in [3.63, 3.8) is 0 Å². The van der Waals surface area contributed by atoms with Crippen LogP contribution >= 0.6 is 16.3 Å². The van der Waals surface area contributed by atoms with Crippen molar-refractivity contribution < 1.29 is 8.62 Å². The molecule has 0 spiro atoms.